The molecule has 4 nitrogen and oxygen atoms in total. The normalized spacial score (nSPS) is 16.1. The van der Waals surface area contributed by atoms with Gasteiger partial charge < -0.3 is 0 Å². The molecule has 0 saturated carbocycles. The Balaban J connectivity index is 2.54. The summed E-state index contributed by atoms with van der Waals surface area (Å²) >= 11 is 1.45. The predicted molar refractivity (Wildman–Crippen MR) is 69.7 cm³/mol. The van der Waals surface area contributed by atoms with E-state index in [1.807, 2.05) is 11.6 Å². The van der Waals surface area contributed by atoms with Crippen LogP contribution < -0.4 is 14.8 Å². The molecule has 2 rings (SSSR count). The SMILES string of the molecule is CCn1c(N2CCCC2)c([AsH2])c(=O)n1CC. The van der Waals surface area contributed by atoms with Gasteiger partial charge in [0, 0.05) is 0 Å². The summed E-state index contributed by atoms with van der Waals surface area (Å²) in [6, 6.07) is 0. The monoisotopic (exact) mass is 285 g/mol. The van der Waals surface area contributed by atoms with E-state index < -0.39 is 0 Å². The van der Waals surface area contributed by atoms with Gasteiger partial charge in [-0.25, -0.2) is 0 Å². The summed E-state index contributed by atoms with van der Waals surface area (Å²) in [4.78, 5) is 14.5. The van der Waals surface area contributed by atoms with Crippen molar-refractivity contribution in [1.82, 2.24) is 9.36 Å². The minimum atomic E-state index is 0.200. The van der Waals surface area contributed by atoms with Crippen molar-refractivity contribution in [2.24, 2.45) is 0 Å². The molecule has 1 unspecified atom stereocenters. The molecule has 1 aromatic heterocycles. The average molecular weight is 285 g/mol. The minimum absolute atomic E-state index is 0.200. The van der Waals surface area contributed by atoms with Crippen molar-refractivity contribution in [3.63, 3.8) is 0 Å². The first kappa shape index (κ1) is 11.8. The number of hydrogen-bond acceptors (Lipinski definition) is 2. The maximum absolute atomic E-state index is 12.1. The van der Waals surface area contributed by atoms with Gasteiger partial charge >= 0.3 is 105 Å². The van der Waals surface area contributed by atoms with Gasteiger partial charge in [0.2, 0.25) is 0 Å². The molecule has 5 heteroatoms. The molecular weight excluding hydrogens is 265 g/mol. The molecule has 1 aromatic rings. The fourth-order valence-corrected chi connectivity index (χ4v) is 3.50. The van der Waals surface area contributed by atoms with Crippen LogP contribution in [-0.4, -0.2) is 39.3 Å². The maximum atomic E-state index is 12.1. The summed E-state index contributed by atoms with van der Waals surface area (Å²) in [5.74, 6) is 1.17. The Kier molecular flexibility index (Phi) is 3.48. The van der Waals surface area contributed by atoms with Crippen LogP contribution in [0.5, 0.6) is 0 Å². The second-order valence-electron chi connectivity index (χ2n) is 4.17. The Morgan fingerprint density at radius 1 is 1.12 bits per heavy atom. The molecule has 1 aliphatic heterocycles. The molecule has 0 spiro atoms. The van der Waals surface area contributed by atoms with E-state index in [1.165, 1.54) is 35.5 Å². The van der Waals surface area contributed by atoms with Crippen LogP contribution in [0.2, 0.25) is 0 Å². The van der Waals surface area contributed by atoms with E-state index in [0.717, 1.165) is 30.5 Å². The first-order valence-corrected chi connectivity index (χ1v) is 7.25. The van der Waals surface area contributed by atoms with Gasteiger partial charge in [0.15, 0.2) is 0 Å². The topological polar surface area (TPSA) is 30.2 Å². The Hall–Kier alpha value is -0.632. The predicted octanol–water partition coefficient (Wildman–Crippen LogP) is -0.452. The van der Waals surface area contributed by atoms with E-state index in [-0.39, 0.29) is 5.56 Å². The van der Waals surface area contributed by atoms with E-state index in [0.29, 0.717) is 0 Å². The van der Waals surface area contributed by atoms with Crippen molar-refractivity contribution < 1.29 is 0 Å². The van der Waals surface area contributed by atoms with Crippen molar-refractivity contribution in [3.05, 3.63) is 10.4 Å². The summed E-state index contributed by atoms with van der Waals surface area (Å²) in [6.45, 7) is 7.98. The van der Waals surface area contributed by atoms with E-state index in [9.17, 15) is 4.79 Å². The fourth-order valence-electron chi connectivity index (χ4n) is 2.50. The van der Waals surface area contributed by atoms with Crippen LogP contribution in [0.25, 0.3) is 0 Å². The third kappa shape index (κ3) is 1.73. The number of nitrogens with zero attached hydrogens (tertiary/aromatic N) is 3. The summed E-state index contributed by atoms with van der Waals surface area (Å²) < 4.78 is 4.98. The van der Waals surface area contributed by atoms with Gasteiger partial charge in [-0.3, -0.25) is 0 Å². The Morgan fingerprint density at radius 3 is 2.19 bits per heavy atom. The molecule has 1 saturated heterocycles. The zero-order chi connectivity index (χ0) is 11.7. The molecule has 16 heavy (non-hydrogen) atoms. The first-order chi connectivity index (χ1) is 7.70. The summed E-state index contributed by atoms with van der Waals surface area (Å²) in [7, 11) is 0. The second-order valence-corrected chi connectivity index (χ2v) is 5.38. The quantitative estimate of drug-likeness (QED) is 0.704. The van der Waals surface area contributed by atoms with E-state index in [2.05, 4.69) is 16.5 Å². The molecule has 0 bridgehead atoms. The van der Waals surface area contributed by atoms with Crippen LogP contribution in [0.15, 0.2) is 4.79 Å². The van der Waals surface area contributed by atoms with Crippen LogP contribution in [-0.2, 0) is 13.1 Å². The summed E-state index contributed by atoms with van der Waals surface area (Å²) in [5, 5.41) is 0. The van der Waals surface area contributed by atoms with Crippen molar-refractivity contribution >= 4 is 27.0 Å². The zero-order valence-corrected chi connectivity index (χ0v) is 12.5. The molecule has 1 aliphatic rings. The van der Waals surface area contributed by atoms with Gasteiger partial charge in [-0.2, -0.15) is 0 Å². The van der Waals surface area contributed by atoms with Gasteiger partial charge in [-0.15, -0.1) is 0 Å². The second kappa shape index (κ2) is 4.70. The van der Waals surface area contributed by atoms with Crippen LogP contribution in [0.1, 0.15) is 26.7 Å². The Morgan fingerprint density at radius 2 is 1.69 bits per heavy atom. The number of anilines is 1. The summed E-state index contributed by atoms with van der Waals surface area (Å²) in [6.07, 6.45) is 2.50. The number of aromatic nitrogens is 2. The van der Waals surface area contributed by atoms with Gasteiger partial charge in [0.05, 0.1) is 0 Å². The van der Waals surface area contributed by atoms with Crippen molar-refractivity contribution in [2.45, 2.75) is 39.8 Å². The molecule has 0 N–H and O–H groups in total. The van der Waals surface area contributed by atoms with Crippen LogP contribution in [0, 0.1) is 0 Å². The van der Waals surface area contributed by atoms with Crippen LogP contribution in [0.3, 0.4) is 0 Å². The molecule has 2 heterocycles. The van der Waals surface area contributed by atoms with Gasteiger partial charge in [0.1, 0.15) is 0 Å². The summed E-state index contributed by atoms with van der Waals surface area (Å²) in [5.41, 5.74) is 0.200. The fraction of sp³-hybridized carbons (Fsp3) is 0.727. The molecule has 1 fully saturated rings. The molecule has 0 aliphatic carbocycles. The standard InChI is InChI=1S/C11H20AsN3O/c1-3-14-10(13-7-5-6-8-13)9(12)11(16)15(14)4-2/h3-8,12H2,1-2H3. The number of rotatable bonds is 3. The zero-order valence-electron chi connectivity index (χ0n) is 10.1. The van der Waals surface area contributed by atoms with Crippen LogP contribution >= 0.6 is 0 Å². The number of hydrogen-bond donors (Lipinski definition) is 0. The Bertz CT molecular complexity index is 429. The van der Waals surface area contributed by atoms with Crippen molar-refractivity contribution in [2.75, 3.05) is 18.0 Å². The van der Waals surface area contributed by atoms with Gasteiger partial charge in [-0.05, 0) is 0 Å². The van der Waals surface area contributed by atoms with Gasteiger partial charge in [0.25, 0.3) is 0 Å². The molecule has 0 amide bonds. The first-order valence-electron chi connectivity index (χ1n) is 6.04. The van der Waals surface area contributed by atoms with E-state index >= 15 is 0 Å². The van der Waals surface area contributed by atoms with Gasteiger partial charge in [-0.1, -0.05) is 0 Å². The molecular formula is C11H20AsN3O. The third-order valence-electron chi connectivity index (χ3n) is 3.25. The molecule has 0 radical (unpaired) electrons. The molecule has 90 valence electrons. The van der Waals surface area contributed by atoms with Crippen molar-refractivity contribution in [1.29, 1.82) is 0 Å². The third-order valence-corrected chi connectivity index (χ3v) is 4.31. The molecule has 1 atom stereocenters. The van der Waals surface area contributed by atoms with E-state index in [1.54, 1.807) is 0 Å². The average Bonchev–Trinajstić information content (AvgIpc) is 2.87. The van der Waals surface area contributed by atoms with Crippen LogP contribution in [0.4, 0.5) is 5.82 Å². The van der Waals surface area contributed by atoms with Crippen molar-refractivity contribution in [3.8, 4) is 0 Å². The molecule has 0 aromatic carbocycles. The Labute approximate surface area is 105 Å². The van der Waals surface area contributed by atoms with E-state index in [4.69, 9.17) is 0 Å².